The number of ether oxygens (including phenoxy) is 2. The molecule has 148 valence electrons. The lowest BCUT2D eigenvalue weighted by Crippen LogP contribution is -2.36. The summed E-state index contributed by atoms with van der Waals surface area (Å²) in [5.74, 6) is -0.448. The van der Waals surface area contributed by atoms with E-state index in [1.165, 1.54) is 12.1 Å². The summed E-state index contributed by atoms with van der Waals surface area (Å²) in [5, 5.41) is 22.4. The number of benzene rings is 2. The summed E-state index contributed by atoms with van der Waals surface area (Å²) in [4.78, 5) is 24.4. The molecule has 0 spiro atoms. The second kappa shape index (κ2) is 7.90. The molecule has 2 aromatic carbocycles. The largest absolute Gasteiger partial charge is 0.507 e. The number of phenols is 1. The predicted molar refractivity (Wildman–Crippen MR) is 102 cm³/mol. The van der Waals surface area contributed by atoms with Crippen molar-refractivity contribution in [3.8, 4) is 17.2 Å². The molecule has 0 aromatic heterocycles. The first-order chi connectivity index (χ1) is 13.3. The highest BCUT2D eigenvalue weighted by molar-refractivity contribution is 6.03. The Morgan fingerprint density at radius 3 is 2.68 bits per heavy atom. The quantitative estimate of drug-likeness (QED) is 0.705. The zero-order valence-electron chi connectivity index (χ0n) is 15.8. The Bertz CT molecular complexity index is 878. The van der Waals surface area contributed by atoms with E-state index < -0.39 is 17.6 Å². The second-order valence-corrected chi connectivity index (χ2v) is 7.28. The van der Waals surface area contributed by atoms with E-state index in [1.54, 1.807) is 26.0 Å². The van der Waals surface area contributed by atoms with E-state index in [4.69, 9.17) is 9.47 Å². The number of carbonyl (C=O) groups is 2. The van der Waals surface area contributed by atoms with Crippen LogP contribution in [0.3, 0.4) is 0 Å². The number of amides is 1. The summed E-state index contributed by atoms with van der Waals surface area (Å²) in [5.41, 5.74) is 0.218. The van der Waals surface area contributed by atoms with E-state index in [-0.39, 0.29) is 48.2 Å². The first kappa shape index (κ1) is 19.7. The topological polar surface area (TPSA) is 105 Å². The van der Waals surface area contributed by atoms with Crippen LogP contribution in [0.2, 0.25) is 0 Å². The Kier molecular flexibility index (Phi) is 5.56. The standard InChI is InChI=1S/C21H23NO6/c1-21(2)10-17(25)20-16(24)8-14(9-18(20)28-21)27-12-19(26)22-15(11-23)13-6-4-3-5-7-13/h3-9,15,23-24H,10-12H2,1-2H3,(H,22,26)/t15-/m0/s1. The van der Waals surface area contributed by atoms with Crippen molar-refractivity contribution < 1.29 is 29.3 Å². The van der Waals surface area contributed by atoms with Gasteiger partial charge in [-0.15, -0.1) is 0 Å². The van der Waals surface area contributed by atoms with Crippen molar-refractivity contribution in [2.75, 3.05) is 13.2 Å². The van der Waals surface area contributed by atoms with Crippen molar-refractivity contribution in [2.45, 2.75) is 31.9 Å². The van der Waals surface area contributed by atoms with Gasteiger partial charge in [0.25, 0.3) is 5.91 Å². The van der Waals surface area contributed by atoms with Crippen molar-refractivity contribution in [1.82, 2.24) is 5.32 Å². The third-order valence-corrected chi connectivity index (χ3v) is 4.40. The molecule has 1 aliphatic heterocycles. The number of fused-ring (bicyclic) bond motifs is 1. The van der Waals surface area contributed by atoms with E-state index in [1.807, 2.05) is 18.2 Å². The number of ketones is 1. The molecule has 0 saturated heterocycles. The van der Waals surface area contributed by atoms with Gasteiger partial charge < -0.3 is 25.0 Å². The number of phenolic OH excluding ortho intramolecular Hbond substituents is 1. The van der Waals surface area contributed by atoms with Crippen LogP contribution in [-0.4, -0.2) is 40.7 Å². The molecule has 7 heteroatoms. The predicted octanol–water partition coefficient (Wildman–Crippen LogP) is 2.36. The van der Waals surface area contributed by atoms with Crippen molar-refractivity contribution in [3.05, 3.63) is 53.6 Å². The highest BCUT2D eigenvalue weighted by Crippen LogP contribution is 2.40. The van der Waals surface area contributed by atoms with Gasteiger partial charge in [-0.05, 0) is 19.4 Å². The minimum absolute atomic E-state index is 0.126. The van der Waals surface area contributed by atoms with Gasteiger partial charge in [0.15, 0.2) is 12.4 Å². The summed E-state index contributed by atoms with van der Waals surface area (Å²) < 4.78 is 11.2. The fourth-order valence-electron chi connectivity index (χ4n) is 3.13. The van der Waals surface area contributed by atoms with Gasteiger partial charge in [0.05, 0.1) is 19.1 Å². The first-order valence-electron chi connectivity index (χ1n) is 8.96. The minimum atomic E-state index is -0.684. The maximum absolute atomic E-state index is 12.2. The number of Topliss-reactive ketones (excluding diaryl/α,β-unsaturated/α-hetero) is 1. The Hall–Kier alpha value is -3.06. The smallest absolute Gasteiger partial charge is 0.258 e. The van der Waals surface area contributed by atoms with E-state index in [9.17, 15) is 19.8 Å². The summed E-state index contributed by atoms with van der Waals surface area (Å²) >= 11 is 0. The zero-order chi connectivity index (χ0) is 20.3. The Morgan fingerprint density at radius 1 is 1.29 bits per heavy atom. The van der Waals surface area contributed by atoms with Crippen molar-refractivity contribution in [2.24, 2.45) is 0 Å². The normalized spacial score (nSPS) is 15.9. The van der Waals surface area contributed by atoms with E-state index in [2.05, 4.69) is 5.32 Å². The summed E-state index contributed by atoms with van der Waals surface area (Å²) in [7, 11) is 0. The average Bonchev–Trinajstić information content (AvgIpc) is 2.63. The molecule has 28 heavy (non-hydrogen) atoms. The van der Waals surface area contributed by atoms with Crippen LogP contribution in [0.5, 0.6) is 17.2 Å². The molecule has 0 bridgehead atoms. The molecule has 3 N–H and O–H groups in total. The molecule has 1 heterocycles. The number of carbonyl (C=O) groups excluding carboxylic acids is 2. The molecule has 1 atom stereocenters. The fraction of sp³-hybridized carbons (Fsp3) is 0.333. The molecule has 1 aliphatic rings. The van der Waals surface area contributed by atoms with Crippen LogP contribution in [0.1, 0.15) is 42.2 Å². The van der Waals surface area contributed by atoms with E-state index in [0.717, 1.165) is 5.56 Å². The molecule has 3 rings (SSSR count). The molecular formula is C21H23NO6. The maximum Gasteiger partial charge on any atom is 0.258 e. The fourth-order valence-corrected chi connectivity index (χ4v) is 3.13. The van der Waals surface area contributed by atoms with Crippen LogP contribution < -0.4 is 14.8 Å². The molecule has 1 amide bonds. The third-order valence-electron chi connectivity index (χ3n) is 4.40. The van der Waals surface area contributed by atoms with Gasteiger partial charge in [0, 0.05) is 12.1 Å². The number of hydrogen-bond acceptors (Lipinski definition) is 6. The van der Waals surface area contributed by atoms with Crippen molar-refractivity contribution in [1.29, 1.82) is 0 Å². The molecular weight excluding hydrogens is 362 g/mol. The van der Waals surface area contributed by atoms with Crippen LogP contribution in [0.4, 0.5) is 0 Å². The molecule has 0 radical (unpaired) electrons. The molecule has 2 aromatic rings. The summed E-state index contributed by atoms with van der Waals surface area (Å²) in [6.07, 6.45) is 0.165. The molecule has 0 unspecified atom stereocenters. The van der Waals surface area contributed by atoms with Crippen LogP contribution in [0, 0.1) is 0 Å². The Morgan fingerprint density at radius 2 is 2.00 bits per heavy atom. The number of aliphatic hydroxyl groups excluding tert-OH is 1. The number of aromatic hydroxyl groups is 1. The molecule has 0 fully saturated rings. The first-order valence-corrected chi connectivity index (χ1v) is 8.96. The lowest BCUT2D eigenvalue weighted by atomic mass is 9.92. The van der Waals surface area contributed by atoms with Crippen LogP contribution in [-0.2, 0) is 4.79 Å². The van der Waals surface area contributed by atoms with Gasteiger partial charge in [0.1, 0.15) is 28.4 Å². The number of hydrogen-bond donors (Lipinski definition) is 3. The van der Waals surface area contributed by atoms with Crippen molar-refractivity contribution in [3.63, 3.8) is 0 Å². The number of nitrogens with one attached hydrogen (secondary N) is 1. The van der Waals surface area contributed by atoms with E-state index >= 15 is 0 Å². The van der Waals surface area contributed by atoms with Gasteiger partial charge >= 0.3 is 0 Å². The Balaban J connectivity index is 1.67. The van der Waals surface area contributed by atoms with Gasteiger partial charge in [0.2, 0.25) is 0 Å². The van der Waals surface area contributed by atoms with E-state index in [0.29, 0.717) is 0 Å². The summed E-state index contributed by atoms with van der Waals surface area (Å²) in [6.45, 7) is 2.99. The number of aliphatic hydroxyl groups is 1. The number of rotatable bonds is 6. The zero-order valence-corrected chi connectivity index (χ0v) is 15.8. The van der Waals surface area contributed by atoms with Gasteiger partial charge in [-0.1, -0.05) is 30.3 Å². The SMILES string of the molecule is CC1(C)CC(=O)c2c(O)cc(OCC(=O)N[C@@H](CO)c3ccccc3)cc2O1. The van der Waals surface area contributed by atoms with Gasteiger partial charge in [-0.25, -0.2) is 0 Å². The maximum atomic E-state index is 12.2. The molecule has 7 nitrogen and oxygen atoms in total. The third kappa shape index (κ3) is 4.43. The lowest BCUT2D eigenvalue weighted by molar-refractivity contribution is -0.124. The minimum Gasteiger partial charge on any atom is -0.507 e. The van der Waals surface area contributed by atoms with Crippen LogP contribution in [0.25, 0.3) is 0 Å². The van der Waals surface area contributed by atoms with Gasteiger partial charge in [-0.3, -0.25) is 9.59 Å². The monoisotopic (exact) mass is 385 g/mol. The highest BCUT2D eigenvalue weighted by atomic mass is 16.5. The lowest BCUT2D eigenvalue weighted by Gasteiger charge is -2.32. The van der Waals surface area contributed by atoms with Crippen molar-refractivity contribution >= 4 is 11.7 Å². The summed E-state index contributed by atoms with van der Waals surface area (Å²) in [6, 6.07) is 11.3. The van der Waals surface area contributed by atoms with Crippen LogP contribution >= 0.6 is 0 Å². The Labute approximate surface area is 162 Å². The molecule has 0 aliphatic carbocycles. The van der Waals surface area contributed by atoms with Crippen LogP contribution in [0.15, 0.2) is 42.5 Å². The second-order valence-electron chi connectivity index (χ2n) is 7.28. The highest BCUT2D eigenvalue weighted by Gasteiger charge is 2.35. The molecule has 0 saturated carbocycles. The van der Waals surface area contributed by atoms with Gasteiger partial charge in [-0.2, -0.15) is 0 Å². The average molecular weight is 385 g/mol.